The van der Waals surface area contributed by atoms with Crippen LogP contribution in [0.25, 0.3) is 0 Å². The normalized spacial score (nSPS) is 11.9. The number of esters is 1. The van der Waals surface area contributed by atoms with Crippen LogP contribution < -0.4 is 10.5 Å². The summed E-state index contributed by atoms with van der Waals surface area (Å²) in [6, 6.07) is 3.97. The van der Waals surface area contributed by atoms with Crippen molar-refractivity contribution in [1.29, 1.82) is 0 Å². The van der Waals surface area contributed by atoms with E-state index in [-0.39, 0.29) is 11.4 Å². The number of rotatable bonds is 3. The van der Waals surface area contributed by atoms with E-state index in [0.717, 1.165) is 6.07 Å². The van der Waals surface area contributed by atoms with Crippen LogP contribution in [0.15, 0.2) is 18.2 Å². The number of benzene rings is 1. The quantitative estimate of drug-likeness (QED) is 0.608. The number of ether oxygens (including phenoxy) is 2. The minimum Gasteiger partial charge on any atom is -0.479 e. The Bertz CT molecular complexity index is 368. The van der Waals surface area contributed by atoms with Gasteiger partial charge in [0.25, 0.3) is 0 Å². The molecule has 0 saturated heterocycles. The first-order valence-electron chi connectivity index (χ1n) is 4.34. The standard InChI is InChI=1S/C10H12FNO3/c1-6(10(13)14-2)15-7-3-4-9(12)8(11)5-7/h3-6H,12H2,1-2H3. The molecule has 0 spiro atoms. The molecule has 5 heteroatoms. The molecule has 0 saturated carbocycles. The highest BCUT2D eigenvalue weighted by Crippen LogP contribution is 2.19. The van der Waals surface area contributed by atoms with E-state index in [0.29, 0.717) is 0 Å². The van der Waals surface area contributed by atoms with Crippen molar-refractivity contribution in [3.8, 4) is 5.75 Å². The molecule has 82 valence electrons. The highest BCUT2D eigenvalue weighted by molar-refractivity contribution is 5.74. The Labute approximate surface area is 86.8 Å². The lowest BCUT2D eigenvalue weighted by Crippen LogP contribution is -2.24. The summed E-state index contributed by atoms with van der Waals surface area (Å²) < 4.78 is 22.6. The zero-order chi connectivity index (χ0) is 11.4. The van der Waals surface area contributed by atoms with Gasteiger partial charge in [0.15, 0.2) is 6.10 Å². The van der Waals surface area contributed by atoms with E-state index in [1.807, 2.05) is 0 Å². The summed E-state index contributed by atoms with van der Waals surface area (Å²) >= 11 is 0. The minimum absolute atomic E-state index is 0.0353. The van der Waals surface area contributed by atoms with Crippen LogP contribution in [0.4, 0.5) is 10.1 Å². The molecule has 4 nitrogen and oxygen atoms in total. The Kier molecular flexibility index (Phi) is 3.49. The van der Waals surface area contributed by atoms with Gasteiger partial charge in [-0.3, -0.25) is 0 Å². The molecule has 1 aromatic rings. The van der Waals surface area contributed by atoms with Crippen LogP contribution in [-0.4, -0.2) is 19.2 Å². The number of methoxy groups -OCH3 is 1. The first kappa shape index (κ1) is 11.3. The molecule has 0 bridgehead atoms. The average Bonchev–Trinajstić information content (AvgIpc) is 2.22. The van der Waals surface area contributed by atoms with Gasteiger partial charge in [-0.15, -0.1) is 0 Å². The highest BCUT2D eigenvalue weighted by atomic mass is 19.1. The van der Waals surface area contributed by atoms with Gasteiger partial charge in [0.2, 0.25) is 0 Å². The number of carbonyl (C=O) groups is 1. The molecule has 1 atom stereocenters. The molecule has 1 rings (SSSR count). The Morgan fingerprint density at radius 2 is 2.20 bits per heavy atom. The summed E-state index contributed by atoms with van der Waals surface area (Å²) in [4.78, 5) is 11.0. The third-order valence-corrected chi connectivity index (χ3v) is 1.82. The number of nitrogens with two attached hydrogens (primary N) is 1. The topological polar surface area (TPSA) is 61.5 Å². The van der Waals surface area contributed by atoms with E-state index in [2.05, 4.69) is 4.74 Å². The van der Waals surface area contributed by atoms with Crippen molar-refractivity contribution in [2.75, 3.05) is 12.8 Å². The summed E-state index contributed by atoms with van der Waals surface area (Å²) in [5.74, 6) is -0.864. The number of hydrogen-bond donors (Lipinski definition) is 1. The van der Waals surface area contributed by atoms with Crippen molar-refractivity contribution in [1.82, 2.24) is 0 Å². The van der Waals surface area contributed by atoms with Gasteiger partial charge in [-0.2, -0.15) is 0 Å². The molecule has 0 aliphatic heterocycles. The molecule has 15 heavy (non-hydrogen) atoms. The largest absolute Gasteiger partial charge is 0.479 e. The molecular weight excluding hydrogens is 201 g/mol. The van der Waals surface area contributed by atoms with Gasteiger partial charge in [0, 0.05) is 6.07 Å². The van der Waals surface area contributed by atoms with E-state index in [1.54, 1.807) is 0 Å². The van der Waals surface area contributed by atoms with Crippen molar-refractivity contribution in [2.45, 2.75) is 13.0 Å². The van der Waals surface area contributed by atoms with Gasteiger partial charge in [-0.05, 0) is 19.1 Å². The minimum atomic E-state index is -0.780. The third kappa shape index (κ3) is 2.83. The van der Waals surface area contributed by atoms with Crippen LogP contribution in [0.1, 0.15) is 6.92 Å². The molecule has 1 unspecified atom stereocenters. The number of hydrogen-bond acceptors (Lipinski definition) is 4. The maximum absolute atomic E-state index is 13.0. The molecule has 0 aromatic heterocycles. The molecule has 0 aliphatic carbocycles. The summed E-state index contributed by atoms with van der Waals surface area (Å²) in [6.45, 7) is 1.51. The predicted molar refractivity (Wildman–Crippen MR) is 52.9 cm³/mol. The zero-order valence-corrected chi connectivity index (χ0v) is 8.49. The van der Waals surface area contributed by atoms with E-state index >= 15 is 0 Å². The second kappa shape index (κ2) is 4.63. The Balaban J connectivity index is 2.73. The zero-order valence-electron chi connectivity index (χ0n) is 8.49. The molecule has 0 heterocycles. The fraction of sp³-hybridized carbons (Fsp3) is 0.300. The molecule has 0 amide bonds. The first-order valence-corrected chi connectivity index (χ1v) is 4.34. The van der Waals surface area contributed by atoms with Gasteiger partial charge in [-0.25, -0.2) is 9.18 Å². The second-order valence-corrected chi connectivity index (χ2v) is 2.97. The van der Waals surface area contributed by atoms with E-state index in [9.17, 15) is 9.18 Å². The van der Waals surface area contributed by atoms with Crippen molar-refractivity contribution < 1.29 is 18.7 Å². The van der Waals surface area contributed by atoms with Gasteiger partial charge in [0.05, 0.1) is 12.8 Å². The van der Waals surface area contributed by atoms with Crippen molar-refractivity contribution in [3.63, 3.8) is 0 Å². The van der Waals surface area contributed by atoms with E-state index in [1.165, 1.54) is 26.2 Å². The fourth-order valence-corrected chi connectivity index (χ4v) is 0.999. The SMILES string of the molecule is COC(=O)C(C)Oc1ccc(N)c(F)c1. The van der Waals surface area contributed by atoms with E-state index in [4.69, 9.17) is 10.5 Å². The van der Waals surface area contributed by atoms with Crippen LogP contribution in [-0.2, 0) is 9.53 Å². The van der Waals surface area contributed by atoms with Crippen LogP contribution in [0.2, 0.25) is 0 Å². The molecule has 0 fully saturated rings. The van der Waals surface area contributed by atoms with Gasteiger partial charge in [-0.1, -0.05) is 0 Å². The van der Waals surface area contributed by atoms with Gasteiger partial charge in [0.1, 0.15) is 11.6 Å². The van der Waals surface area contributed by atoms with E-state index < -0.39 is 17.9 Å². The maximum atomic E-state index is 13.0. The van der Waals surface area contributed by atoms with Crippen LogP contribution in [0.3, 0.4) is 0 Å². The lowest BCUT2D eigenvalue weighted by molar-refractivity contribution is -0.147. The Morgan fingerprint density at radius 1 is 1.53 bits per heavy atom. The van der Waals surface area contributed by atoms with Crippen LogP contribution in [0.5, 0.6) is 5.75 Å². The lowest BCUT2D eigenvalue weighted by atomic mass is 10.3. The van der Waals surface area contributed by atoms with Crippen LogP contribution in [0, 0.1) is 5.82 Å². The summed E-state index contributed by atoms with van der Waals surface area (Å²) in [6.07, 6.45) is -0.780. The van der Waals surface area contributed by atoms with Gasteiger partial charge < -0.3 is 15.2 Å². The number of anilines is 1. The molecule has 0 radical (unpaired) electrons. The monoisotopic (exact) mass is 213 g/mol. The first-order chi connectivity index (χ1) is 7.04. The Hall–Kier alpha value is -1.78. The summed E-state index contributed by atoms with van der Waals surface area (Å²) in [5.41, 5.74) is 5.32. The van der Waals surface area contributed by atoms with Crippen LogP contribution >= 0.6 is 0 Å². The molecule has 1 aromatic carbocycles. The molecular formula is C10H12FNO3. The average molecular weight is 213 g/mol. The highest BCUT2D eigenvalue weighted by Gasteiger charge is 2.15. The second-order valence-electron chi connectivity index (χ2n) is 2.97. The smallest absolute Gasteiger partial charge is 0.346 e. The molecule has 0 aliphatic rings. The van der Waals surface area contributed by atoms with Crippen molar-refractivity contribution in [2.24, 2.45) is 0 Å². The predicted octanol–water partition coefficient (Wildman–Crippen LogP) is 1.35. The molecule has 2 N–H and O–H groups in total. The summed E-state index contributed by atoms with van der Waals surface area (Å²) in [7, 11) is 1.26. The number of halogens is 1. The van der Waals surface area contributed by atoms with Crippen molar-refractivity contribution >= 4 is 11.7 Å². The fourth-order valence-electron chi connectivity index (χ4n) is 0.999. The number of nitrogen functional groups attached to an aromatic ring is 1. The lowest BCUT2D eigenvalue weighted by Gasteiger charge is -2.12. The Morgan fingerprint density at radius 3 is 2.73 bits per heavy atom. The van der Waals surface area contributed by atoms with Gasteiger partial charge >= 0.3 is 5.97 Å². The third-order valence-electron chi connectivity index (χ3n) is 1.82. The van der Waals surface area contributed by atoms with Crippen molar-refractivity contribution in [3.05, 3.63) is 24.0 Å². The maximum Gasteiger partial charge on any atom is 0.346 e. The number of carbonyl (C=O) groups excluding carboxylic acids is 1. The summed E-state index contributed by atoms with van der Waals surface area (Å²) in [5, 5.41) is 0.